The molecule has 1 aliphatic carbocycles. The Bertz CT molecular complexity index is 1860. The molecule has 4 aromatic carbocycles. The molecular formula is C48H63BrO4. The molecule has 0 atom stereocenters. The maximum atomic E-state index is 12.2. The number of rotatable bonds is 5. The zero-order valence-electron chi connectivity index (χ0n) is 34.4. The van der Waals surface area contributed by atoms with Crippen LogP contribution in [0.5, 0.6) is 23.0 Å². The molecule has 0 saturated heterocycles. The van der Waals surface area contributed by atoms with E-state index in [2.05, 4.69) is 148 Å². The zero-order chi connectivity index (χ0) is 39.3. The van der Waals surface area contributed by atoms with Gasteiger partial charge in [-0.15, -0.1) is 0 Å². The van der Waals surface area contributed by atoms with E-state index in [9.17, 15) is 15.3 Å². The number of ether oxygens (including phenoxy) is 1. The van der Waals surface area contributed by atoms with Crippen molar-refractivity contribution >= 4 is 15.9 Å². The van der Waals surface area contributed by atoms with E-state index in [4.69, 9.17) is 4.74 Å². The molecule has 0 aliphatic heterocycles. The fourth-order valence-corrected chi connectivity index (χ4v) is 7.61. The van der Waals surface area contributed by atoms with Gasteiger partial charge in [-0.25, -0.2) is 0 Å². The van der Waals surface area contributed by atoms with Crippen molar-refractivity contribution in [2.24, 2.45) is 0 Å². The van der Waals surface area contributed by atoms with Crippen LogP contribution in [0.1, 0.15) is 163 Å². The molecule has 5 heteroatoms. The zero-order valence-corrected chi connectivity index (χ0v) is 36.0. The minimum Gasteiger partial charge on any atom is -0.507 e. The van der Waals surface area contributed by atoms with Gasteiger partial charge in [-0.2, -0.15) is 0 Å². The van der Waals surface area contributed by atoms with Gasteiger partial charge in [0, 0.05) is 31.0 Å². The van der Waals surface area contributed by atoms with Crippen molar-refractivity contribution in [1.29, 1.82) is 0 Å². The topological polar surface area (TPSA) is 69.9 Å². The second-order valence-corrected chi connectivity index (χ2v) is 20.3. The number of benzene rings is 4. The first-order valence-corrected chi connectivity index (χ1v) is 20.5. The lowest BCUT2D eigenvalue weighted by Crippen LogP contribution is -2.16. The molecule has 5 rings (SSSR count). The van der Waals surface area contributed by atoms with Gasteiger partial charge in [-0.3, -0.25) is 0 Å². The number of unbranched alkanes of at least 4 members (excludes halogenated alkanes) is 1. The summed E-state index contributed by atoms with van der Waals surface area (Å²) < 4.78 is 6.78. The summed E-state index contributed by atoms with van der Waals surface area (Å²) in [6.07, 6.45) is 3.61. The molecule has 3 N–H and O–H groups in total. The van der Waals surface area contributed by atoms with Crippen LogP contribution in [-0.4, -0.2) is 27.3 Å². The summed E-state index contributed by atoms with van der Waals surface area (Å²) in [7, 11) is 0. The summed E-state index contributed by atoms with van der Waals surface area (Å²) in [6.45, 7) is 27.1. The third kappa shape index (κ3) is 9.27. The molecule has 286 valence electrons. The maximum Gasteiger partial charge on any atom is 0.126 e. The highest BCUT2D eigenvalue weighted by atomic mass is 79.9. The third-order valence-corrected chi connectivity index (χ3v) is 11.4. The van der Waals surface area contributed by atoms with Crippen LogP contribution in [0.15, 0.2) is 48.5 Å². The molecule has 0 aromatic heterocycles. The Morgan fingerprint density at radius 3 is 0.925 bits per heavy atom. The highest BCUT2D eigenvalue weighted by molar-refractivity contribution is 9.09. The lowest BCUT2D eigenvalue weighted by Gasteiger charge is -2.27. The van der Waals surface area contributed by atoms with Gasteiger partial charge in [0.2, 0.25) is 0 Å². The van der Waals surface area contributed by atoms with Crippen molar-refractivity contribution < 1.29 is 20.1 Å². The standard InChI is InChI=1S/C48H63BrO4/c1-45(2,3)37-21-29-17-31-23-38(46(4,5)6)25-33(42(31)51)19-35-27-40(48(10,11)12)28-36(44(35)53-16-14-13-15-49)20-34-26-39(47(7,8)9)24-32(43(34)52)18-30(22-37)41(29)50/h21-28,50-52H,13-20H2,1-12H3. The number of hydrogen-bond donors (Lipinski definition) is 3. The van der Waals surface area contributed by atoms with Crippen molar-refractivity contribution in [3.63, 3.8) is 0 Å². The molecule has 4 aromatic rings. The highest BCUT2D eigenvalue weighted by Gasteiger charge is 2.28. The Kier molecular flexibility index (Phi) is 11.5. The van der Waals surface area contributed by atoms with Crippen molar-refractivity contribution in [3.8, 4) is 23.0 Å². The molecule has 53 heavy (non-hydrogen) atoms. The minimum atomic E-state index is -0.183. The summed E-state index contributed by atoms with van der Waals surface area (Å²) >= 11 is 3.58. The lowest BCUT2D eigenvalue weighted by molar-refractivity contribution is 0.304. The van der Waals surface area contributed by atoms with Crippen LogP contribution in [0, 0.1) is 0 Å². The largest absolute Gasteiger partial charge is 0.507 e. The van der Waals surface area contributed by atoms with E-state index in [1.165, 1.54) is 5.56 Å². The van der Waals surface area contributed by atoms with Crippen LogP contribution in [-0.2, 0) is 47.3 Å². The molecule has 0 heterocycles. The Morgan fingerprint density at radius 1 is 0.434 bits per heavy atom. The molecule has 0 radical (unpaired) electrons. The molecule has 0 fully saturated rings. The Labute approximate surface area is 328 Å². The average Bonchev–Trinajstić information content (AvgIpc) is 3.02. The van der Waals surface area contributed by atoms with Crippen LogP contribution in [0.2, 0.25) is 0 Å². The summed E-state index contributed by atoms with van der Waals surface area (Å²) in [4.78, 5) is 0. The van der Waals surface area contributed by atoms with Crippen molar-refractivity contribution in [2.75, 3.05) is 11.9 Å². The third-order valence-electron chi connectivity index (χ3n) is 10.8. The molecule has 0 unspecified atom stereocenters. The summed E-state index contributed by atoms with van der Waals surface area (Å²) in [5, 5.41) is 37.3. The average molecular weight is 784 g/mol. The number of phenolic OH excluding ortho intramolecular Hbond substituents is 3. The van der Waals surface area contributed by atoms with Gasteiger partial charge in [-0.1, -0.05) is 148 Å². The quantitative estimate of drug-likeness (QED) is 0.123. The van der Waals surface area contributed by atoms with Crippen LogP contribution in [0.25, 0.3) is 0 Å². The SMILES string of the molecule is CC(C)(C)c1cc2c(O)c(c1)Cc1cc(C(C)(C)C)cc(c1O)Cc1cc(C(C)(C)C)cc(c1OCCCCBr)Cc1cc(C(C)(C)C)cc(c1O)C2. The first-order chi connectivity index (χ1) is 24.5. The van der Waals surface area contributed by atoms with E-state index < -0.39 is 0 Å². The molecule has 8 bridgehead atoms. The lowest BCUT2D eigenvalue weighted by atomic mass is 9.79. The second-order valence-electron chi connectivity index (χ2n) is 19.5. The number of hydrogen-bond acceptors (Lipinski definition) is 4. The number of fused-ring (bicyclic) bond motifs is 8. The number of halogens is 1. The molecule has 0 amide bonds. The van der Waals surface area contributed by atoms with E-state index >= 15 is 0 Å². The fourth-order valence-electron chi connectivity index (χ4n) is 7.21. The summed E-state index contributed by atoms with van der Waals surface area (Å²) in [5.74, 6) is 1.57. The normalized spacial score (nSPS) is 14.0. The van der Waals surface area contributed by atoms with Gasteiger partial charge < -0.3 is 20.1 Å². The number of alkyl halides is 1. The van der Waals surface area contributed by atoms with Gasteiger partial charge in [-0.05, 0) is 101 Å². The van der Waals surface area contributed by atoms with Gasteiger partial charge in [0.25, 0.3) is 0 Å². The van der Waals surface area contributed by atoms with Crippen LogP contribution in [0.3, 0.4) is 0 Å². The van der Waals surface area contributed by atoms with E-state index in [0.717, 1.165) is 85.1 Å². The van der Waals surface area contributed by atoms with E-state index in [-0.39, 0.29) is 38.9 Å². The first-order valence-electron chi connectivity index (χ1n) is 19.4. The second kappa shape index (κ2) is 15.0. The first kappa shape index (κ1) is 40.7. The van der Waals surface area contributed by atoms with Crippen LogP contribution >= 0.6 is 15.9 Å². The van der Waals surface area contributed by atoms with E-state index in [1.54, 1.807) is 0 Å². The predicted octanol–water partition coefficient (Wildman–Crippen LogP) is 12.2. The van der Waals surface area contributed by atoms with Gasteiger partial charge in [0.1, 0.15) is 23.0 Å². The van der Waals surface area contributed by atoms with Crippen LogP contribution in [0.4, 0.5) is 0 Å². The summed E-state index contributed by atoms with van der Waals surface area (Å²) in [6, 6.07) is 17.3. The van der Waals surface area contributed by atoms with Crippen LogP contribution < -0.4 is 4.74 Å². The van der Waals surface area contributed by atoms with E-state index in [1.807, 2.05) is 0 Å². The van der Waals surface area contributed by atoms with Gasteiger partial charge in [0.15, 0.2) is 0 Å². The molecule has 0 spiro atoms. The monoisotopic (exact) mass is 782 g/mol. The smallest absolute Gasteiger partial charge is 0.126 e. The predicted molar refractivity (Wildman–Crippen MR) is 225 cm³/mol. The number of aromatic hydroxyl groups is 3. The van der Waals surface area contributed by atoms with Crippen molar-refractivity contribution in [3.05, 3.63) is 115 Å². The van der Waals surface area contributed by atoms with Gasteiger partial charge in [0.05, 0.1) is 6.61 Å². The molecule has 1 aliphatic rings. The minimum absolute atomic E-state index is 0.148. The summed E-state index contributed by atoms with van der Waals surface area (Å²) in [5.41, 5.74) is 10.7. The molecule has 4 nitrogen and oxygen atoms in total. The highest BCUT2D eigenvalue weighted by Crippen LogP contribution is 2.43. The number of phenols is 3. The van der Waals surface area contributed by atoms with Crippen molar-refractivity contribution in [1.82, 2.24) is 0 Å². The van der Waals surface area contributed by atoms with Crippen molar-refractivity contribution in [2.45, 2.75) is 143 Å². The fraction of sp³-hybridized carbons (Fsp3) is 0.500. The Balaban J connectivity index is 1.90. The van der Waals surface area contributed by atoms with Gasteiger partial charge >= 0.3 is 0 Å². The Morgan fingerprint density at radius 2 is 0.679 bits per heavy atom. The van der Waals surface area contributed by atoms with E-state index in [0.29, 0.717) is 32.3 Å². The Hall–Kier alpha value is -3.44. The molecular weight excluding hydrogens is 720 g/mol. The maximum absolute atomic E-state index is 12.2. The molecule has 0 saturated carbocycles.